The van der Waals surface area contributed by atoms with Gasteiger partial charge >= 0.3 is 0 Å². The molecule has 0 aliphatic heterocycles. The van der Waals surface area contributed by atoms with Gasteiger partial charge in [0.1, 0.15) is 12.4 Å². The molecule has 0 atom stereocenters. The molecule has 0 fully saturated rings. The topological polar surface area (TPSA) is 29.5 Å². The number of hydrogen-bond donors (Lipinski definition) is 0. The van der Waals surface area contributed by atoms with Gasteiger partial charge in [-0.15, -0.1) is 12.4 Å². The van der Waals surface area contributed by atoms with Gasteiger partial charge in [-0.25, -0.2) is 0 Å². The molecule has 0 spiro atoms. The largest absolute Gasteiger partial charge is 0.492 e. The van der Waals surface area contributed by atoms with Crippen molar-refractivity contribution in [1.82, 2.24) is 4.90 Å². The number of likely N-dealkylation sites (N-methyl/N-ethyl adjacent to an activating group) is 1. The smallest absolute Gasteiger partial charge is 0.194 e. The molecule has 122 valence electrons. The lowest BCUT2D eigenvalue weighted by molar-refractivity contribution is 0.104. The predicted molar refractivity (Wildman–Crippen MR) is 95.8 cm³/mol. The third kappa shape index (κ3) is 3.41. The zero-order valence-corrected chi connectivity index (χ0v) is 14.4. The molecule has 23 heavy (non-hydrogen) atoms. The van der Waals surface area contributed by atoms with Crippen molar-refractivity contribution >= 4 is 18.2 Å². The van der Waals surface area contributed by atoms with Gasteiger partial charge in [-0.05, 0) is 42.4 Å². The number of rotatable bonds is 6. The van der Waals surface area contributed by atoms with Crippen LogP contribution in [0.4, 0.5) is 0 Å². The number of halogens is 1. The summed E-state index contributed by atoms with van der Waals surface area (Å²) in [7, 11) is 0. The summed E-state index contributed by atoms with van der Waals surface area (Å²) in [5.41, 5.74) is 3.58. The first kappa shape index (κ1) is 17.5. The maximum absolute atomic E-state index is 12.5. The van der Waals surface area contributed by atoms with E-state index in [1.807, 2.05) is 42.5 Å². The van der Waals surface area contributed by atoms with Gasteiger partial charge in [0.15, 0.2) is 5.78 Å². The molecule has 0 heterocycles. The summed E-state index contributed by atoms with van der Waals surface area (Å²) >= 11 is 0. The molecule has 3 rings (SSSR count). The molecule has 0 amide bonds. The first-order valence-corrected chi connectivity index (χ1v) is 7.88. The zero-order chi connectivity index (χ0) is 15.5. The molecule has 2 aromatic carbocycles. The van der Waals surface area contributed by atoms with Crippen LogP contribution in [0.1, 0.15) is 29.8 Å². The molecular formula is C19H22ClNO2. The molecule has 4 heteroatoms. The third-order valence-corrected chi connectivity index (χ3v) is 4.27. The highest BCUT2D eigenvalue weighted by atomic mass is 35.5. The molecule has 1 aliphatic rings. The van der Waals surface area contributed by atoms with Gasteiger partial charge in [0.2, 0.25) is 0 Å². The molecule has 0 radical (unpaired) electrons. The summed E-state index contributed by atoms with van der Waals surface area (Å²) < 4.78 is 5.82. The van der Waals surface area contributed by atoms with E-state index in [1.54, 1.807) is 0 Å². The highest BCUT2D eigenvalue weighted by Crippen LogP contribution is 2.37. The van der Waals surface area contributed by atoms with Crippen LogP contribution in [0.5, 0.6) is 5.75 Å². The second kappa shape index (κ2) is 7.62. The molecule has 1 aliphatic carbocycles. The van der Waals surface area contributed by atoms with Crippen LogP contribution >= 0.6 is 12.4 Å². The van der Waals surface area contributed by atoms with Crippen molar-refractivity contribution in [3.8, 4) is 16.9 Å². The minimum absolute atomic E-state index is 0. The van der Waals surface area contributed by atoms with Crippen molar-refractivity contribution < 1.29 is 9.53 Å². The SMILES string of the molecule is CCN(CC)CCOc1ccc2c(c1)C(=O)c1ccccc1-2.Cl. The summed E-state index contributed by atoms with van der Waals surface area (Å²) in [5, 5.41) is 0. The highest BCUT2D eigenvalue weighted by molar-refractivity contribution is 6.21. The van der Waals surface area contributed by atoms with E-state index in [1.165, 1.54) is 0 Å². The van der Waals surface area contributed by atoms with Gasteiger partial charge < -0.3 is 9.64 Å². The molecule has 0 unspecified atom stereocenters. The Morgan fingerprint density at radius 1 is 0.913 bits per heavy atom. The van der Waals surface area contributed by atoms with E-state index < -0.39 is 0 Å². The lowest BCUT2D eigenvalue weighted by Gasteiger charge is -2.18. The Hall–Kier alpha value is -1.84. The predicted octanol–water partition coefficient (Wildman–Crippen LogP) is 4.04. The molecule has 0 aromatic heterocycles. The number of carbonyl (C=O) groups excluding carboxylic acids is 1. The van der Waals surface area contributed by atoms with Gasteiger partial charge in [0.25, 0.3) is 0 Å². The van der Waals surface area contributed by atoms with E-state index in [-0.39, 0.29) is 18.2 Å². The number of benzene rings is 2. The number of carbonyl (C=O) groups is 1. The summed E-state index contributed by atoms with van der Waals surface area (Å²) in [6.45, 7) is 7.89. The van der Waals surface area contributed by atoms with E-state index in [4.69, 9.17) is 4.74 Å². The number of hydrogen-bond acceptors (Lipinski definition) is 3. The van der Waals surface area contributed by atoms with Gasteiger partial charge in [0, 0.05) is 17.7 Å². The monoisotopic (exact) mass is 331 g/mol. The van der Waals surface area contributed by atoms with E-state index in [0.29, 0.717) is 6.61 Å². The van der Waals surface area contributed by atoms with E-state index in [2.05, 4.69) is 18.7 Å². The lowest BCUT2D eigenvalue weighted by Crippen LogP contribution is -2.27. The fourth-order valence-electron chi connectivity index (χ4n) is 2.93. The second-order valence-corrected chi connectivity index (χ2v) is 5.46. The van der Waals surface area contributed by atoms with Crippen molar-refractivity contribution in [3.05, 3.63) is 53.6 Å². The Balaban J connectivity index is 0.00000192. The Kier molecular flexibility index (Phi) is 5.80. The molecule has 0 bridgehead atoms. The van der Waals surface area contributed by atoms with Crippen LogP contribution in [0.15, 0.2) is 42.5 Å². The average Bonchev–Trinajstić information content (AvgIpc) is 2.85. The van der Waals surface area contributed by atoms with Crippen LogP contribution in [-0.2, 0) is 0 Å². The van der Waals surface area contributed by atoms with Crippen LogP contribution in [0, 0.1) is 0 Å². The van der Waals surface area contributed by atoms with E-state index in [0.717, 1.165) is 47.6 Å². The van der Waals surface area contributed by atoms with E-state index in [9.17, 15) is 4.79 Å². The van der Waals surface area contributed by atoms with Crippen LogP contribution in [0.25, 0.3) is 11.1 Å². The summed E-state index contributed by atoms with van der Waals surface area (Å²) in [4.78, 5) is 14.8. The quantitative estimate of drug-likeness (QED) is 0.682. The van der Waals surface area contributed by atoms with Crippen LogP contribution in [0.2, 0.25) is 0 Å². The van der Waals surface area contributed by atoms with Gasteiger partial charge in [-0.3, -0.25) is 4.79 Å². The zero-order valence-electron chi connectivity index (χ0n) is 13.5. The lowest BCUT2D eigenvalue weighted by atomic mass is 10.1. The van der Waals surface area contributed by atoms with Crippen molar-refractivity contribution in [3.63, 3.8) is 0 Å². The molecule has 0 N–H and O–H groups in total. The average molecular weight is 332 g/mol. The Bertz CT molecular complexity index is 696. The first-order valence-electron chi connectivity index (χ1n) is 7.88. The maximum Gasteiger partial charge on any atom is 0.194 e. The Labute approximate surface area is 143 Å². The molecular weight excluding hydrogens is 310 g/mol. The Morgan fingerprint density at radius 2 is 1.57 bits per heavy atom. The fraction of sp³-hybridized carbons (Fsp3) is 0.316. The van der Waals surface area contributed by atoms with Gasteiger partial charge in [-0.1, -0.05) is 38.1 Å². The summed E-state index contributed by atoms with van der Waals surface area (Å²) in [5.74, 6) is 0.867. The molecule has 2 aromatic rings. The van der Waals surface area contributed by atoms with Crippen LogP contribution < -0.4 is 4.74 Å². The summed E-state index contributed by atoms with van der Waals surface area (Å²) in [6.07, 6.45) is 0. The fourth-order valence-corrected chi connectivity index (χ4v) is 2.93. The number of fused-ring (bicyclic) bond motifs is 3. The highest BCUT2D eigenvalue weighted by Gasteiger charge is 2.26. The van der Waals surface area contributed by atoms with Crippen LogP contribution in [-0.4, -0.2) is 36.9 Å². The molecule has 3 nitrogen and oxygen atoms in total. The number of ketones is 1. The third-order valence-electron chi connectivity index (χ3n) is 4.27. The van der Waals surface area contributed by atoms with Crippen molar-refractivity contribution in [2.45, 2.75) is 13.8 Å². The van der Waals surface area contributed by atoms with E-state index >= 15 is 0 Å². The van der Waals surface area contributed by atoms with Crippen LogP contribution in [0.3, 0.4) is 0 Å². The van der Waals surface area contributed by atoms with Crippen molar-refractivity contribution in [2.75, 3.05) is 26.2 Å². The normalized spacial score (nSPS) is 11.9. The first-order chi connectivity index (χ1) is 10.7. The van der Waals surface area contributed by atoms with Gasteiger partial charge in [-0.2, -0.15) is 0 Å². The standard InChI is InChI=1S/C19H21NO2.ClH/c1-3-20(4-2)11-12-22-14-9-10-16-15-7-5-6-8-17(15)19(21)18(16)13-14;/h5-10,13H,3-4,11-12H2,1-2H3;1H. The molecule has 0 saturated heterocycles. The molecule has 0 saturated carbocycles. The minimum atomic E-state index is 0. The maximum atomic E-state index is 12.5. The summed E-state index contributed by atoms with van der Waals surface area (Å²) in [6, 6.07) is 13.6. The number of ether oxygens (including phenoxy) is 1. The van der Waals surface area contributed by atoms with Crippen molar-refractivity contribution in [2.24, 2.45) is 0 Å². The van der Waals surface area contributed by atoms with Gasteiger partial charge in [0.05, 0.1) is 0 Å². The Morgan fingerprint density at radius 3 is 2.26 bits per heavy atom. The van der Waals surface area contributed by atoms with Crippen molar-refractivity contribution in [1.29, 1.82) is 0 Å². The minimum Gasteiger partial charge on any atom is -0.492 e. The second-order valence-electron chi connectivity index (χ2n) is 5.46. The number of nitrogens with zero attached hydrogens (tertiary/aromatic N) is 1.